The molecule has 0 heterocycles. The highest BCUT2D eigenvalue weighted by Gasteiger charge is 2.25. The molecule has 0 aliphatic rings. The van der Waals surface area contributed by atoms with Gasteiger partial charge in [0.15, 0.2) is 11.5 Å². The minimum absolute atomic E-state index is 0.123. The summed E-state index contributed by atoms with van der Waals surface area (Å²) in [4.78, 5) is 0. The van der Waals surface area contributed by atoms with Crippen LogP contribution in [0.2, 0.25) is 0 Å². The number of hydrogen-bond acceptors (Lipinski definition) is 3. The first kappa shape index (κ1) is 15.6. The van der Waals surface area contributed by atoms with Crippen LogP contribution in [0.4, 0.5) is 13.2 Å². The highest BCUT2D eigenvalue weighted by atomic mass is 19.4. The fourth-order valence-electron chi connectivity index (χ4n) is 1.51. The lowest BCUT2D eigenvalue weighted by atomic mass is 10.1. The second-order valence-electron chi connectivity index (χ2n) is 3.98. The average Bonchev–Trinajstić information content (AvgIpc) is 2.37. The van der Waals surface area contributed by atoms with Gasteiger partial charge >= 0.3 is 6.18 Å². The molecule has 108 valence electrons. The van der Waals surface area contributed by atoms with Gasteiger partial charge in [0.1, 0.15) is 6.61 Å². The molecule has 0 unspecified atom stereocenters. The first-order valence-corrected chi connectivity index (χ1v) is 6.03. The zero-order valence-electron chi connectivity index (χ0n) is 11.0. The third kappa shape index (κ3) is 5.83. The van der Waals surface area contributed by atoms with Crippen molar-refractivity contribution in [3.05, 3.63) is 23.8 Å². The molecule has 0 radical (unpaired) electrons. The van der Waals surface area contributed by atoms with Crippen LogP contribution in [0.25, 0.3) is 0 Å². The Kier molecular flexibility index (Phi) is 5.95. The number of alkyl halides is 3. The third-order valence-corrected chi connectivity index (χ3v) is 2.50. The van der Waals surface area contributed by atoms with E-state index in [1.807, 2.05) is 19.1 Å². The van der Waals surface area contributed by atoms with E-state index in [0.717, 1.165) is 12.0 Å². The van der Waals surface area contributed by atoms with Gasteiger partial charge in [-0.2, -0.15) is 13.2 Å². The van der Waals surface area contributed by atoms with Crippen LogP contribution in [-0.4, -0.2) is 33.0 Å². The number of hydrogen-bond donors (Lipinski definition) is 1. The highest BCUT2D eigenvalue weighted by Crippen LogP contribution is 2.28. The van der Waals surface area contributed by atoms with Crippen molar-refractivity contribution in [3.63, 3.8) is 0 Å². The first-order valence-electron chi connectivity index (χ1n) is 6.03. The van der Waals surface area contributed by atoms with Crippen LogP contribution in [0.1, 0.15) is 12.5 Å². The first-order chi connectivity index (χ1) is 8.96. The van der Waals surface area contributed by atoms with Crippen molar-refractivity contribution in [2.75, 3.05) is 26.8 Å². The molecule has 0 bridgehead atoms. The van der Waals surface area contributed by atoms with Gasteiger partial charge in [0, 0.05) is 6.54 Å². The van der Waals surface area contributed by atoms with Crippen LogP contribution in [0, 0.1) is 0 Å². The molecule has 0 saturated carbocycles. The van der Waals surface area contributed by atoms with Crippen LogP contribution in [0.3, 0.4) is 0 Å². The van der Waals surface area contributed by atoms with E-state index in [1.165, 1.54) is 7.11 Å². The van der Waals surface area contributed by atoms with Crippen molar-refractivity contribution in [2.45, 2.75) is 19.5 Å². The van der Waals surface area contributed by atoms with Crippen molar-refractivity contribution >= 4 is 0 Å². The SMILES string of the molecule is CCc1ccc(OCCNCC(F)(F)F)c(OC)c1. The molecule has 3 nitrogen and oxygen atoms in total. The monoisotopic (exact) mass is 277 g/mol. The van der Waals surface area contributed by atoms with Gasteiger partial charge in [0.05, 0.1) is 13.7 Å². The molecule has 0 amide bonds. The molecule has 0 saturated heterocycles. The molecule has 0 atom stereocenters. The molecule has 19 heavy (non-hydrogen) atoms. The zero-order chi connectivity index (χ0) is 14.3. The molecule has 6 heteroatoms. The Morgan fingerprint density at radius 1 is 1.21 bits per heavy atom. The van der Waals surface area contributed by atoms with E-state index in [-0.39, 0.29) is 13.2 Å². The molecule has 0 aliphatic carbocycles. The molecule has 1 aromatic carbocycles. The van der Waals surface area contributed by atoms with Gasteiger partial charge in [0.2, 0.25) is 0 Å². The minimum Gasteiger partial charge on any atom is -0.493 e. The fourth-order valence-corrected chi connectivity index (χ4v) is 1.51. The quantitative estimate of drug-likeness (QED) is 0.777. The largest absolute Gasteiger partial charge is 0.493 e. The van der Waals surface area contributed by atoms with E-state index in [0.29, 0.717) is 11.5 Å². The van der Waals surface area contributed by atoms with Gasteiger partial charge in [0.25, 0.3) is 0 Å². The van der Waals surface area contributed by atoms with E-state index in [2.05, 4.69) is 5.32 Å². The Morgan fingerprint density at radius 3 is 2.53 bits per heavy atom. The highest BCUT2D eigenvalue weighted by molar-refractivity contribution is 5.42. The van der Waals surface area contributed by atoms with E-state index in [1.54, 1.807) is 6.07 Å². The molecular weight excluding hydrogens is 259 g/mol. The lowest BCUT2D eigenvalue weighted by Crippen LogP contribution is -2.31. The fraction of sp³-hybridized carbons (Fsp3) is 0.538. The summed E-state index contributed by atoms with van der Waals surface area (Å²) in [6, 6.07) is 5.53. The Morgan fingerprint density at radius 2 is 1.95 bits per heavy atom. The summed E-state index contributed by atoms with van der Waals surface area (Å²) < 4.78 is 46.2. The second kappa shape index (κ2) is 7.23. The Hall–Kier alpha value is -1.43. The maximum atomic E-state index is 11.9. The van der Waals surface area contributed by atoms with Gasteiger partial charge in [-0.25, -0.2) is 0 Å². The molecule has 0 spiro atoms. The van der Waals surface area contributed by atoms with Crippen molar-refractivity contribution in [1.82, 2.24) is 5.32 Å². The number of nitrogens with one attached hydrogen (secondary N) is 1. The number of benzene rings is 1. The van der Waals surface area contributed by atoms with Crippen LogP contribution in [0.5, 0.6) is 11.5 Å². The summed E-state index contributed by atoms with van der Waals surface area (Å²) in [5, 5.41) is 2.26. The molecule has 1 rings (SSSR count). The summed E-state index contributed by atoms with van der Waals surface area (Å²) in [6.07, 6.45) is -3.32. The van der Waals surface area contributed by atoms with Crippen molar-refractivity contribution in [2.24, 2.45) is 0 Å². The standard InChI is InChI=1S/C13H18F3NO2/c1-3-10-4-5-11(12(8-10)18-2)19-7-6-17-9-13(14,15)16/h4-5,8,17H,3,6-7,9H2,1-2H3. The van der Waals surface area contributed by atoms with E-state index >= 15 is 0 Å². The summed E-state index contributed by atoms with van der Waals surface area (Å²) in [5.74, 6) is 1.13. The van der Waals surface area contributed by atoms with Crippen LogP contribution >= 0.6 is 0 Å². The predicted octanol–water partition coefficient (Wildman–Crippen LogP) is 2.79. The maximum absolute atomic E-state index is 11.9. The van der Waals surface area contributed by atoms with Gasteiger partial charge in [-0.15, -0.1) is 0 Å². The van der Waals surface area contributed by atoms with E-state index in [9.17, 15) is 13.2 Å². The summed E-state index contributed by atoms with van der Waals surface area (Å²) in [6.45, 7) is 1.29. The van der Waals surface area contributed by atoms with E-state index < -0.39 is 12.7 Å². The van der Waals surface area contributed by atoms with Crippen molar-refractivity contribution in [1.29, 1.82) is 0 Å². The Balaban J connectivity index is 2.41. The van der Waals surface area contributed by atoms with Gasteiger partial charge in [-0.05, 0) is 24.1 Å². The average molecular weight is 277 g/mol. The second-order valence-corrected chi connectivity index (χ2v) is 3.98. The lowest BCUT2D eigenvalue weighted by Gasteiger charge is -2.12. The smallest absolute Gasteiger partial charge is 0.401 e. The van der Waals surface area contributed by atoms with Crippen molar-refractivity contribution < 1.29 is 22.6 Å². The van der Waals surface area contributed by atoms with Crippen LogP contribution in [0.15, 0.2) is 18.2 Å². The van der Waals surface area contributed by atoms with Gasteiger partial charge < -0.3 is 14.8 Å². The summed E-state index contributed by atoms with van der Waals surface area (Å²) >= 11 is 0. The number of aryl methyl sites for hydroxylation is 1. The Labute approximate surface area is 110 Å². The minimum atomic E-state index is -4.19. The summed E-state index contributed by atoms with van der Waals surface area (Å²) in [5.41, 5.74) is 1.11. The van der Waals surface area contributed by atoms with Gasteiger partial charge in [-0.1, -0.05) is 13.0 Å². The molecule has 0 fully saturated rings. The van der Waals surface area contributed by atoms with Crippen LogP contribution in [-0.2, 0) is 6.42 Å². The molecule has 0 aromatic heterocycles. The Bertz CT molecular complexity index is 394. The number of halogens is 3. The topological polar surface area (TPSA) is 30.5 Å². The predicted molar refractivity (Wildman–Crippen MR) is 66.8 cm³/mol. The normalized spacial score (nSPS) is 11.4. The van der Waals surface area contributed by atoms with Crippen LogP contribution < -0.4 is 14.8 Å². The lowest BCUT2D eigenvalue weighted by molar-refractivity contribution is -0.124. The molecular formula is C13H18F3NO2. The van der Waals surface area contributed by atoms with Crippen molar-refractivity contribution in [3.8, 4) is 11.5 Å². The van der Waals surface area contributed by atoms with Gasteiger partial charge in [-0.3, -0.25) is 0 Å². The molecule has 1 aromatic rings. The zero-order valence-corrected chi connectivity index (χ0v) is 11.0. The summed E-state index contributed by atoms with van der Waals surface area (Å²) in [7, 11) is 1.53. The number of ether oxygens (including phenoxy) is 2. The number of methoxy groups -OCH3 is 1. The molecule has 0 aliphatic heterocycles. The molecule has 1 N–H and O–H groups in total. The third-order valence-electron chi connectivity index (χ3n) is 2.50. The van der Waals surface area contributed by atoms with E-state index in [4.69, 9.17) is 9.47 Å². The maximum Gasteiger partial charge on any atom is 0.401 e. The number of rotatable bonds is 7.